The Balaban J connectivity index is 2.11. The summed E-state index contributed by atoms with van der Waals surface area (Å²) >= 11 is 7.29. The zero-order chi connectivity index (χ0) is 19.7. The van der Waals surface area contributed by atoms with E-state index >= 15 is 0 Å². The molecule has 0 amide bonds. The highest BCUT2D eigenvalue weighted by atomic mass is 35.5. The van der Waals surface area contributed by atoms with Crippen LogP contribution >= 0.6 is 22.9 Å². The first-order valence-electron chi connectivity index (χ1n) is 7.71. The summed E-state index contributed by atoms with van der Waals surface area (Å²) in [5.74, 6) is 0.222. The average molecular weight is 407 g/mol. The predicted molar refractivity (Wildman–Crippen MR) is 105 cm³/mol. The number of halogens is 1. The summed E-state index contributed by atoms with van der Waals surface area (Å²) in [4.78, 5) is 31.0. The number of carbonyl (C=O) groups is 1. The van der Waals surface area contributed by atoms with E-state index in [1.165, 1.54) is 14.2 Å². The number of aromatic carboxylic acids is 1. The molecule has 7 nitrogen and oxygen atoms in total. The Hall–Kier alpha value is -2.84. The van der Waals surface area contributed by atoms with Crippen LogP contribution in [0.4, 0.5) is 0 Å². The Labute approximate surface area is 162 Å². The van der Waals surface area contributed by atoms with Gasteiger partial charge in [0.25, 0.3) is 5.56 Å². The number of nitrogens with one attached hydrogen (secondary N) is 1. The Bertz CT molecular complexity index is 1110. The minimum atomic E-state index is -1.10. The Kier molecular flexibility index (Phi) is 5.20. The quantitative estimate of drug-likeness (QED) is 0.669. The van der Waals surface area contributed by atoms with Gasteiger partial charge in [-0.15, -0.1) is 11.3 Å². The first-order chi connectivity index (χ1) is 12.8. The normalized spacial score (nSPS) is 11.6. The van der Waals surface area contributed by atoms with Crippen LogP contribution in [0.15, 0.2) is 23.0 Å². The van der Waals surface area contributed by atoms with Crippen molar-refractivity contribution in [1.29, 1.82) is 0 Å². The second-order valence-corrected chi connectivity index (χ2v) is 7.00. The first-order valence-corrected chi connectivity index (χ1v) is 8.90. The van der Waals surface area contributed by atoms with Gasteiger partial charge in [-0.3, -0.25) is 4.79 Å². The molecule has 1 aromatic carbocycles. The molecule has 0 spiro atoms. The third-order valence-corrected chi connectivity index (χ3v) is 5.35. The molecule has 27 heavy (non-hydrogen) atoms. The summed E-state index contributed by atoms with van der Waals surface area (Å²) in [6.45, 7) is 1.58. The van der Waals surface area contributed by atoms with Crippen molar-refractivity contribution in [1.82, 2.24) is 9.97 Å². The molecule has 0 atom stereocenters. The molecule has 3 rings (SSSR count). The molecule has 3 aromatic rings. The van der Waals surface area contributed by atoms with Crippen molar-refractivity contribution in [3.8, 4) is 11.5 Å². The van der Waals surface area contributed by atoms with E-state index < -0.39 is 11.5 Å². The van der Waals surface area contributed by atoms with E-state index in [1.807, 2.05) is 0 Å². The average Bonchev–Trinajstić information content (AvgIpc) is 2.98. The maximum Gasteiger partial charge on any atom is 0.346 e. The molecule has 0 aliphatic rings. The van der Waals surface area contributed by atoms with Crippen LogP contribution in [0.3, 0.4) is 0 Å². The highest BCUT2D eigenvalue weighted by Crippen LogP contribution is 2.30. The van der Waals surface area contributed by atoms with Gasteiger partial charge in [-0.2, -0.15) is 0 Å². The molecule has 0 bridgehead atoms. The number of fused-ring (bicyclic) bond motifs is 1. The summed E-state index contributed by atoms with van der Waals surface area (Å²) in [6.07, 6.45) is 1.61. The first kappa shape index (κ1) is 18.9. The van der Waals surface area contributed by atoms with Crippen molar-refractivity contribution >= 4 is 50.2 Å². The van der Waals surface area contributed by atoms with Crippen molar-refractivity contribution < 1.29 is 19.4 Å². The minimum absolute atomic E-state index is 0.0813. The molecule has 0 unspecified atom stereocenters. The van der Waals surface area contributed by atoms with Gasteiger partial charge in [0, 0.05) is 6.07 Å². The molecule has 2 aromatic heterocycles. The van der Waals surface area contributed by atoms with Crippen LogP contribution in [0.5, 0.6) is 11.5 Å². The van der Waals surface area contributed by atoms with Crippen LogP contribution in [0, 0.1) is 6.92 Å². The van der Waals surface area contributed by atoms with Crippen LogP contribution < -0.4 is 15.0 Å². The van der Waals surface area contributed by atoms with E-state index in [2.05, 4.69) is 9.97 Å². The van der Waals surface area contributed by atoms with Crippen molar-refractivity contribution in [2.24, 2.45) is 0 Å². The lowest BCUT2D eigenvalue weighted by Crippen LogP contribution is -2.10. The van der Waals surface area contributed by atoms with Crippen LogP contribution in [0.1, 0.15) is 26.6 Å². The number of ether oxygens (including phenoxy) is 2. The van der Waals surface area contributed by atoms with Crippen LogP contribution in [0.25, 0.3) is 21.3 Å². The number of aryl methyl sites for hydroxylation is 1. The lowest BCUT2D eigenvalue weighted by atomic mass is 10.2. The fourth-order valence-corrected chi connectivity index (χ4v) is 3.82. The summed E-state index contributed by atoms with van der Waals surface area (Å²) in [5, 5.41) is 9.68. The zero-order valence-electron chi connectivity index (χ0n) is 14.6. The Morgan fingerprint density at radius 2 is 1.89 bits per heavy atom. The second kappa shape index (κ2) is 7.42. The van der Waals surface area contributed by atoms with Gasteiger partial charge in [0.15, 0.2) is 5.82 Å². The molecule has 0 saturated heterocycles. The van der Waals surface area contributed by atoms with Gasteiger partial charge in [-0.05, 0) is 36.3 Å². The van der Waals surface area contributed by atoms with E-state index in [0.29, 0.717) is 27.5 Å². The van der Waals surface area contributed by atoms with Crippen molar-refractivity contribution in [2.45, 2.75) is 6.92 Å². The topological polar surface area (TPSA) is 102 Å². The largest absolute Gasteiger partial charge is 0.497 e. The highest BCUT2D eigenvalue weighted by molar-refractivity contribution is 7.20. The predicted octanol–water partition coefficient (Wildman–Crippen LogP) is 3.75. The number of hydrogen-bond donors (Lipinski definition) is 2. The van der Waals surface area contributed by atoms with Crippen LogP contribution in [-0.4, -0.2) is 35.3 Å². The van der Waals surface area contributed by atoms with Gasteiger partial charge in [0.05, 0.1) is 24.6 Å². The van der Waals surface area contributed by atoms with Crippen molar-refractivity contribution in [2.75, 3.05) is 14.2 Å². The number of carboxylic acids is 1. The number of H-pyrrole nitrogens is 1. The molecule has 0 fully saturated rings. The van der Waals surface area contributed by atoms with Gasteiger partial charge < -0.3 is 19.6 Å². The summed E-state index contributed by atoms with van der Waals surface area (Å²) in [6, 6.07) is 5.22. The SMILES string of the molecule is COc1cc(/C=C(\Cl)c2nc3sc(C(=O)O)c(C)c3c(=O)[nH]2)cc(OC)c1. The number of nitrogens with zero attached hydrogens (tertiary/aromatic N) is 1. The standard InChI is InChI=1S/C18H15ClN2O5S/c1-8-13-16(22)20-15(21-17(13)27-14(8)18(23)24)12(19)6-9-4-10(25-2)7-11(5-9)26-3/h4-7H,1-3H3,(H,23,24)(H,20,21,22)/b12-6-. The third-order valence-electron chi connectivity index (χ3n) is 3.89. The molecule has 2 N–H and O–H groups in total. The smallest absolute Gasteiger partial charge is 0.346 e. The van der Waals surface area contributed by atoms with E-state index in [-0.39, 0.29) is 21.1 Å². The van der Waals surface area contributed by atoms with Crippen molar-refractivity contribution in [3.05, 3.63) is 50.4 Å². The lowest BCUT2D eigenvalue weighted by molar-refractivity contribution is 0.0701. The molecular formula is C18H15ClN2O5S. The second-order valence-electron chi connectivity index (χ2n) is 5.59. The number of hydrogen-bond acceptors (Lipinski definition) is 6. The molecule has 140 valence electrons. The van der Waals surface area contributed by atoms with Gasteiger partial charge in [-0.25, -0.2) is 9.78 Å². The van der Waals surface area contributed by atoms with E-state index in [4.69, 9.17) is 21.1 Å². The minimum Gasteiger partial charge on any atom is -0.497 e. The molecule has 0 radical (unpaired) electrons. The molecule has 9 heteroatoms. The monoisotopic (exact) mass is 406 g/mol. The molecule has 2 heterocycles. The fourth-order valence-electron chi connectivity index (χ4n) is 2.59. The van der Waals surface area contributed by atoms with Gasteiger partial charge in [-0.1, -0.05) is 11.6 Å². The van der Waals surface area contributed by atoms with Crippen LogP contribution in [-0.2, 0) is 0 Å². The molecule has 0 aliphatic carbocycles. The number of aromatic amines is 1. The third kappa shape index (κ3) is 3.67. The Morgan fingerprint density at radius 3 is 2.44 bits per heavy atom. The van der Waals surface area contributed by atoms with Crippen molar-refractivity contribution in [3.63, 3.8) is 0 Å². The van der Waals surface area contributed by atoms with E-state index in [1.54, 1.807) is 31.2 Å². The van der Waals surface area contributed by atoms with Gasteiger partial charge in [0.2, 0.25) is 0 Å². The van der Waals surface area contributed by atoms with E-state index in [9.17, 15) is 14.7 Å². The summed E-state index contributed by atoms with van der Waals surface area (Å²) in [5.41, 5.74) is 0.638. The number of thiophene rings is 1. The molecule has 0 aliphatic heterocycles. The highest BCUT2D eigenvalue weighted by Gasteiger charge is 2.19. The zero-order valence-corrected chi connectivity index (χ0v) is 16.2. The molecule has 0 saturated carbocycles. The van der Waals surface area contributed by atoms with Crippen LogP contribution in [0.2, 0.25) is 0 Å². The number of aromatic nitrogens is 2. The summed E-state index contributed by atoms with van der Waals surface area (Å²) < 4.78 is 10.4. The summed E-state index contributed by atoms with van der Waals surface area (Å²) in [7, 11) is 3.08. The van der Waals surface area contributed by atoms with Gasteiger partial charge in [0.1, 0.15) is 21.2 Å². The maximum absolute atomic E-state index is 12.4. The number of rotatable bonds is 5. The maximum atomic E-state index is 12.4. The number of methoxy groups -OCH3 is 2. The van der Waals surface area contributed by atoms with E-state index in [0.717, 1.165) is 11.3 Å². The fraction of sp³-hybridized carbons (Fsp3) is 0.167. The number of carboxylic acid groups (broad SMARTS) is 1. The number of benzene rings is 1. The molecular weight excluding hydrogens is 392 g/mol. The Morgan fingerprint density at radius 1 is 1.26 bits per heavy atom. The van der Waals surface area contributed by atoms with Gasteiger partial charge >= 0.3 is 5.97 Å². The lowest BCUT2D eigenvalue weighted by Gasteiger charge is -2.06.